The van der Waals surface area contributed by atoms with Gasteiger partial charge in [0, 0.05) is 6.54 Å². The molecule has 0 radical (unpaired) electrons. The van der Waals surface area contributed by atoms with E-state index in [1.165, 1.54) is 0 Å². The second-order valence-corrected chi connectivity index (χ2v) is 5.29. The number of halogens is 1. The number of benzene rings is 1. The predicted molar refractivity (Wildman–Crippen MR) is 83.7 cm³/mol. The lowest BCUT2D eigenvalue weighted by molar-refractivity contribution is 0.0947. The van der Waals surface area contributed by atoms with Crippen LogP contribution in [0.2, 0.25) is 0 Å². The largest absolute Gasteiger partial charge is 0.493 e. The lowest BCUT2D eigenvalue weighted by Crippen LogP contribution is -2.33. The van der Waals surface area contributed by atoms with Gasteiger partial charge in [-0.05, 0) is 25.0 Å². The van der Waals surface area contributed by atoms with Crippen molar-refractivity contribution in [3.8, 4) is 5.75 Å². The fourth-order valence-corrected chi connectivity index (χ4v) is 2.62. The fraction of sp³-hybridized carbons (Fsp3) is 0.562. The minimum atomic E-state index is -0.134. The first-order valence-electron chi connectivity index (χ1n) is 7.28. The SMILES string of the molecule is CCOc1ccccc1C(=O)NCC(Cl)C(CC)CC. The van der Waals surface area contributed by atoms with E-state index in [-0.39, 0.29) is 11.3 Å². The van der Waals surface area contributed by atoms with Gasteiger partial charge >= 0.3 is 0 Å². The molecular formula is C16H24ClNO2. The number of rotatable bonds is 8. The van der Waals surface area contributed by atoms with Crippen molar-refractivity contribution in [2.45, 2.75) is 39.0 Å². The maximum atomic E-state index is 12.2. The average molecular weight is 298 g/mol. The molecule has 1 amide bonds. The van der Waals surface area contributed by atoms with Crippen molar-refractivity contribution in [2.75, 3.05) is 13.2 Å². The number of hydrogen-bond acceptors (Lipinski definition) is 2. The van der Waals surface area contributed by atoms with Gasteiger partial charge in [0.2, 0.25) is 0 Å². The van der Waals surface area contributed by atoms with Crippen LogP contribution < -0.4 is 10.1 Å². The lowest BCUT2D eigenvalue weighted by atomic mass is 9.99. The maximum absolute atomic E-state index is 12.2. The molecule has 112 valence electrons. The number of alkyl halides is 1. The van der Waals surface area contributed by atoms with Crippen LogP contribution in [-0.4, -0.2) is 24.4 Å². The number of carbonyl (C=O) groups is 1. The Bertz CT molecular complexity index is 419. The Kier molecular flexibility index (Phi) is 7.45. The zero-order valence-corrected chi connectivity index (χ0v) is 13.2. The summed E-state index contributed by atoms with van der Waals surface area (Å²) < 4.78 is 5.46. The molecule has 0 saturated heterocycles. The Morgan fingerprint density at radius 3 is 2.50 bits per heavy atom. The number of amides is 1. The maximum Gasteiger partial charge on any atom is 0.255 e. The molecule has 0 bridgehead atoms. The fourth-order valence-electron chi connectivity index (χ4n) is 2.19. The Morgan fingerprint density at radius 2 is 1.90 bits per heavy atom. The monoisotopic (exact) mass is 297 g/mol. The molecule has 1 aromatic rings. The summed E-state index contributed by atoms with van der Waals surface area (Å²) in [6.07, 6.45) is 2.05. The molecule has 0 fully saturated rings. The van der Waals surface area contributed by atoms with Crippen molar-refractivity contribution < 1.29 is 9.53 Å². The van der Waals surface area contributed by atoms with E-state index in [9.17, 15) is 4.79 Å². The minimum absolute atomic E-state index is 0.0341. The second kappa shape index (κ2) is 8.85. The van der Waals surface area contributed by atoms with Crippen molar-refractivity contribution in [3.05, 3.63) is 29.8 Å². The van der Waals surface area contributed by atoms with Crippen LogP contribution in [0, 0.1) is 5.92 Å². The first kappa shape index (κ1) is 16.8. The summed E-state index contributed by atoms with van der Waals surface area (Å²) in [6.45, 7) is 7.16. The predicted octanol–water partition coefficient (Wildman–Crippen LogP) is 3.86. The van der Waals surface area contributed by atoms with Gasteiger partial charge in [-0.2, -0.15) is 0 Å². The van der Waals surface area contributed by atoms with Crippen molar-refractivity contribution >= 4 is 17.5 Å². The highest BCUT2D eigenvalue weighted by atomic mass is 35.5. The van der Waals surface area contributed by atoms with E-state index in [0.717, 1.165) is 12.8 Å². The second-order valence-electron chi connectivity index (χ2n) is 4.73. The number of hydrogen-bond donors (Lipinski definition) is 1. The Morgan fingerprint density at radius 1 is 1.25 bits per heavy atom. The van der Waals surface area contributed by atoms with Gasteiger partial charge in [-0.3, -0.25) is 4.79 Å². The average Bonchev–Trinajstić information content (AvgIpc) is 2.47. The van der Waals surface area contributed by atoms with Crippen LogP contribution in [0.5, 0.6) is 5.75 Å². The van der Waals surface area contributed by atoms with Crippen molar-refractivity contribution in [1.29, 1.82) is 0 Å². The number of para-hydroxylation sites is 1. The summed E-state index contributed by atoms with van der Waals surface area (Å²) in [5.74, 6) is 0.908. The highest BCUT2D eigenvalue weighted by molar-refractivity contribution is 6.21. The van der Waals surface area contributed by atoms with Gasteiger partial charge in [-0.25, -0.2) is 0 Å². The molecule has 0 aromatic heterocycles. The van der Waals surface area contributed by atoms with Crippen LogP contribution in [0.25, 0.3) is 0 Å². The molecule has 1 N–H and O–H groups in total. The van der Waals surface area contributed by atoms with E-state index in [4.69, 9.17) is 16.3 Å². The number of nitrogens with one attached hydrogen (secondary N) is 1. The van der Waals surface area contributed by atoms with Crippen LogP contribution in [0.3, 0.4) is 0 Å². The summed E-state index contributed by atoms with van der Waals surface area (Å²) >= 11 is 6.33. The summed E-state index contributed by atoms with van der Waals surface area (Å²) in [5, 5.41) is 2.86. The van der Waals surface area contributed by atoms with Crippen molar-refractivity contribution in [2.24, 2.45) is 5.92 Å². The zero-order chi connectivity index (χ0) is 15.0. The van der Waals surface area contributed by atoms with Gasteiger partial charge in [-0.15, -0.1) is 11.6 Å². The summed E-state index contributed by atoms with van der Waals surface area (Å²) in [4.78, 5) is 12.2. The third-order valence-corrected chi connectivity index (χ3v) is 3.96. The Balaban J connectivity index is 2.63. The molecule has 0 aliphatic heterocycles. The van der Waals surface area contributed by atoms with Crippen LogP contribution in [0.4, 0.5) is 0 Å². The number of ether oxygens (including phenoxy) is 1. The highest BCUT2D eigenvalue weighted by Crippen LogP contribution is 2.20. The van der Waals surface area contributed by atoms with Gasteiger partial charge in [0.25, 0.3) is 5.91 Å². The Labute approximate surface area is 126 Å². The van der Waals surface area contributed by atoms with Gasteiger partial charge in [0.1, 0.15) is 5.75 Å². The van der Waals surface area contributed by atoms with Crippen molar-refractivity contribution in [3.63, 3.8) is 0 Å². The van der Waals surface area contributed by atoms with E-state index < -0.39 is 0 Å². The normalized spacial score (nSPS) is 12.2. The molecule has 0 aliphatic carbocycles. The molecular weight excluding hydrogens is 274 g/mol. The summed E-state index contributed by atoms with van der Waals surface area (Å²) in [5.41, 5.74) is 0.558. The van der Waals surface area contributed by atoms with Crippen LogP contribution in [0.15, 0.2) is 24.3 Å². The van der Waals surface area contributed by atoms with Gasteiger partial charge in [0.15, 0.2) is 0 Å². The van der Waals surface area contributed by atoms with Crippen LogP contribution in [-0.2, 0) is 0 Å². The molecule has 0 heterocycles. The van der Waals surface area contributed by atoms with E-state index >= 15 is 0 Å². The molecule has 0 spiro atoms. The van der Waals surface area contributed by atoms with E-state index in [2.05, 4.69) is 19.2 Å². The highest BCUT2D eigenvalue weighted by Gasteiger charge is 2.18. The topological polar surface area (TPSA) is 38.3 Å². The molecule has 1 unspecified atom stereocenters. The van der Waals surface area contributed by atoms with Gasteiger partial charge in [0.05, 0.1) is 17.5 Å². The molecule has 0 saturated carbocycles. The van der Waals surface area contributed by atoms with E-state index in [1.807, 2.05) is 19.1 Å². The third kappa shape index (κ3) is 4.71. The third-order valence-electron chi connectivity index (χ3n) is 3.45. The van der Waals surface area contributed by atoms with Crippen molar-refractivity contribution in [1.82, 2.24) is 5.32 Å². The summed E-state index contributed by atoms with van der Waals surface area (Å²) in [7, 11) is 0. The molecule has 3 nitrogen and oxygen atoms in total. The lowest BCUT2D eigenvalue weighted by Gasteiger charge is -2.19. The molecule has 20 heavy (non-hydrogen) atoms. The zero-order valence-electron chi connectivity index (χ0n) is 12.5. The Hall–Kier alpha value is -1.22. The van der Waals surface area contributed by atoms with E-state index in [0.29, 0.717) is 30.4 Å². The summed E-state index contributed by atoms with van der Waals surface area (Å²) in [6, 6.07) is 7.25. The first-order chi connectivity index (χ1) is 9.63. The standard InChI is InChI=1S/C16H24ClNO2/c1-4-12(5-2)14(17)11-18-16(19)13-9-7-8-10-15(13)20-6-3/h7-10,12,14H,4-6,11H2,1-3H3,(H,18,19). The molecule has 4 heteroatoms. The van der Waals surface area contributed by atoms with Crippen LogP contribution in [0.1, 0.15) is 44.0 Å². The molecule has 0 aliphatic rings. The van der Waals surface area contributed by atoms with Gasteiger partial charge < -0.3 is 10.1 Å². The minimum Gasteiger partial charge on any atom is -0.493 e. The molecule has 1 rings (SSSR count). The molecule has 1 aromatic carbocycles. The van der Waals surface area contributed by atoms with E-state index in [1.54, 1.807) is 12.1 Å². The van der Waals surface area contributed by atoms with Crippen LogP contribution >= 0.6 is 11.6 Å². The first-order valence-corrected chi connectivity index (χ1v) is 7.71. The number of carbonyl (C=O) groups excluding carboxylic acids is 1. The molecule has 1 atom stereocenters. The van der Waals surface area contributed by atoms with Gasteiger partial charge in [-0.1, -0.05) is 38.8 Å². The quantitative estimate of drug-likeness (QED) is 0.740. The smallest absolute Gasteiger partial charge is 0.255 e.